The van der Waals surface area contributed by atoms with E-state index in [9.17, 15) is 0 Å². The molecule has 1 heterocycles. The molecule has 0 aromatic heterocycles. The predicted octanol–water partition coefficient (Wildman–Crippen LogP) is 3.65. The summed E-state index contributed by atoms with van der Waals surface area (Å²) in [5.74, 6) is 0.997. The van der Waals surface area contributed by atoms with E-state index in [1.807, 2.05) is 6.07 Å². The van der Waals surface area contributed by atoms with Crippen LogP contribution in [-0.4, -0.2) is 24.1 Å². The topological polar surface area (TPSA) is 12.5 Å². The van der Waals surface area contributed by atoms with Gasteiger partial charge in [0.05, 0.1) is 0 Å². The molecule has 3 rings (SSSR count). The van der Waals surface area contributed by atoms with E-state index >= 15 is 0 Å². The number of hydrogen-bond acceptors (Lipinski definition) is 2. The summed E-state index contributed by atoms with van der Waals surface area (Å²) < 4.78 is 6.08. The monoisotopic (exact) mass is 267 g/mol. The maximum absolute atomic E-state index is 6.08. The fraction of sp³-hybridized carbons (Fsp3) is 0.333. The van der Waals surface area contributed by atoms with Crippen LogP contribution in [0.5, 0.6) is 5.75 Å². The first-order valence-corrected chi connectivity index (χ1v) is 7.29. The number of likely N-dealkylation sites (tertiary alicyclic amines) is 1. The van der Waals surface area contributed by atoms with Gasteiger partial charge >= 0.3 is 0 Å². The second-order valence-electron chi connectivity index (χ2n) is 5.57. The summed E-state index contributed by atoms with van der Waals surface area (Å²) in [6.07, 6.45) is 1.43. The van der Waals surface area contributed by atoms with Gasteiger partial charge in [-0.3, -0.25) is 4.90 Å². The zero-order chi connectivity index (χ0) is 13.8. The zero-order valence-electron chi connectivity index (χ0n) is 12.0. The predicted molar refractivity (Wildman–Crippen MR) is 81.9 cm³/mol. The van der Waals surface area contributed by atoms with Crippen molar-refractivity contribution in [1.82, 2.24) is 4.90 Å². The lowest BCUT2D eigenvalue weighted by molar-refractivity contribution is 0.198. The largest absolute Gasteiger partial charge is 0.489 e. The molecule has 1 aliphatic rings. The molecule has 2 aromatic carbocycles. The van der Waals surface area contributed by atoms with E-state index in [4.69, 9.17) is 4.74 Å². The van der Waals surface area contributed by atoms with Crippen LogP contribution in [0.15, 0.2) is 54.6 Å². The summed E-state index contributed by atoms with van der Waals surface area (Å²) in [4.78, 5) is 2.47. The van der Waals surface area contributed by atoms with Crippen molar-refractivity contribution in [2.24, 2.45) is 0 Å². The van der Waals surface area contributed by atoms with E-state index in [1.54, 1.807) is 0 Å². The van der Waals surface area contributed by atoms with Gasteiger partial charge in [0.15, 0.2) is 0 Å². The Morgan fingerprint density at radius 3 is 2.75 bits per heavy atom. The van der Waals surface area contributed by atoms with Crippen molar-refractivity contribution >= 4 is 0 Å². The smallest absolute Gasteiger partial charge is 0.120 e. The lowest BCUT2D eigenvalue weighted by Crippen LogP contribution is -2.24. The highest BCUT2D eigenvalue weighted by molar-refractivity contribution is 5.27. The maximum atomic E-state index is 6.08. The normalized spacial score (nSPS) is 19.1. The third-order valence-corrected chi connectivity index (χ3v) is 3.77. The second-order valence-corrected chi connectivity index (χ2v) is 5.57. The fourth-order valence-electron chi connectivity index (χ4n) is 2.76. The lowest BCUT2D eigenvalue weighted by atomic mass is 10.2. The quantitative estimate of drug-likeness (QED) is 0.838. The Morgan fingerprint density at radius 2 is 1.95 bits per heavy atom. The summed E-state index contributed by atoms with van der Waals surface area (Å²) in [6, 6.07) is 19.0. The molecule has 1 atom stereocenters. The van der Waals surface area contributed by atoms with Crippen molar-refractivity contribution in [3.63, 3.8) is 0 Å². The van der Waals surface area contributed by atoms with Crippen LogP contribution in [0.2, 0.25) is 0 Å². The Balaban J connectivity index is 1.54. The number of nitrogens with zero attached hydrogens (tertiary/aromatic N) is 1. The molecule has 1 saturated heterocycles. The van der Waals surface area contributed by atoms with E-state index in [0.717, 1.165) is 31.8 Å². The van der Waals surface area contributed by atoms with Crippen LogP contribution in [0.25, 0.3) is 0 Å². The summed E-state index contributed by atoms with van der Waals surface area (Å²) >= 11 is 0. The molecule has 1 fully saturated rings. The van der Waals surface area contributed by atoms with Gasteiger partial charge in [-0.1, -0.05) is 42.5 Å². The number of rotatable bonds is 4. The molecule has 0 radical (unpaired) electrons. The number of benzene rings is 2. The molecule has 0 N–H and O–H groups in total. The minimum absolute atomic E-state index is 0.320. The number of aryl methyl sites for hydroxylation is 1. The molecule has 2 heteroatoms. The number of ether oxygens (including phenoxy) is 1. The molecule has 2 nitrogen and oxygen atoms in total. The molecule has 0 spiro atoms. The van der Waals surface area contributed by atoms with E-state index in [0.29, 0.717) is 6.10 Å². The Hall–Kier alpha value is -1.80. The Labute approximate surface area is 121 Å². The van der Waals surface area contributed by atoms with Gasteiger partial charge in [0.25, 0.3) is 0 Å². The molecule has 2 aromatic rings. The minimum atomic E-state index is 0.320. The third kappa shape index (κ3) is 3.40. The van der Waals surface area contributed by atoms with Crippen LogP contribution in [-0.2, 0) is 6.54 Å². The average Bonchev–Trinajstić information content (AvgIpc) is 2.87. The zero-order valence-corrected chi connectivity index (χ0v) is 12.0. The standard InChI is InChI=1S/C18H21NO/c1-15-6-5-9-17(12-15)20-18-10-11-19(14-18)13-16-7-3-2-4-8-16/h2-9,12,18H,10-11,13-14H2,1H3. The van der Waals surface area contributed by atoms with Crippen LogP contribution in [0.3, 0.4) is 0 Å². The molecular formula is C18H21NO. The van der Waals surface area contributed by atoms with Gasteiger partial charge in [-0.15, -0.1) is 0 Å². The third-order valence-electron chi connectivity index (χ3n) is 3.77. The molecule has 1 unspecified atom stereocenters. The van der Waals surface area contributed by atoms with Crippen LogP contribution < -0.4 is 4.74 Å². The van der Waals surface area contributed by atoms with Gasteiger partial charge < -0.3 is 4.74 Å². The van der Waals surface area contributed by atoms with Crippen LogP contribution in [0.4, 0.5) is 0 Å². The van der Waals surface area contributed by atoms with E-state index in [-0.39, 0.29) is 0 Å². The molecule has 1 aliphatic heterocycles. The summed E-state index contributed by atoms with van der Waals surface area (Å²) in [5, 5.41) is 0. The van der Waals surface area contributed by atoms with E-state index in [1.165, 1.54) is 11.1 Å². The SMILES string of the molecule is Cc1cccc(OC2CCN(Cc3ccccc3)C2)c1. The van der Waals surface area contributed by atoms with Gasteiger partial charge in [0.2, 0.25) is 0 Å². The molecule has 104 valence electrons. The molecule has 0 bridgehead atoms. The maximum Gasteiger partial charge on any atom is 0.120 e. The van der Waals surface area contributed by atoms with Gasteiger partial charge in [-0.05, 0) is 36.6 Å². The highest BCUT2D eigenvalue weighted by Gasteiger charge is 2.23. The first-order chi connectivity index (χ1) is 9.79. The average molecular weight is 267 g/mol. The Morgan fingerprint density at radius 1 is 1.10 bits per heavy atom. The molecular weight excluding hydrogens is 246 g/mol. The molecule has 0 aliphatic carbocycles. The van der Waals surface area contributed by atoms with E-state index < -0.39 is 0 Å². The first kappa shape index (κ1) is 13.2. The highest BCUT2D eigenvalue weighted by Crippen LogP contribution is 2.20. The van der Waals surface area contributed by atoms with Crippen molar-refractivity contribution < 1.29 is 4.74 Å². The first-order valence-electron chi connectivity index (χ1n) is 7.29. The lowest BCUT2D eigenvalue weighted by Gasteiger charge is -2.17. The molecule has 20 heavy (non-hydrogen) atoms. The van der Waals surface area contributed by atoms with Crippen LogP contribution in [0.1, 0.15) is 17.5 Å². The van der Waals surface area contributed by atoms with Crippen molar-refractivity contribution in [2.75, 3.05) is 13.1 Å². The minimum Gasteiger partial charge on any atom is -0.489 e. The van der Waals surface area contributed by atoms with Gasteiger partial charge in [0, 0.05) is 19.6 Å². The summed E-state index contributed by atoms with van der Waals surface area (Å²) in [5.41, 5.74) is 2.63. The van der Waals surface area contributed by atoms with Crippen molar-refractivity contribution in [1.29, 1.82) is 0 Å². The molecule has 0 amide bonds. The Kier molecular flexibility index (Phi) is 4.03. The highest BCUT2D eigenvalue weighted by atomic mass is 16.5. The van der Waals surface area contributed by atoms with E-state index in [2.05, 4.69) is 60.4 Å². The van der Waals surface area contributed by atoms with Crippen LogP contribution in [0, 0.1) is 6.92 Å². The molecule has 0 saturated carbocycles. The van der Waals surface area contributed by atoms with Crippen molar-refractivity contribution in [3.8, 4) is 5.75 Å². The van der Waals surface area contributed by atoms with Crippen LogP contribution >= 0.6 is 0 Å². The van der Waals surface area contributed by atoms with Crippen molar-refractivity contribution in [3.05, 3.63) is 65.7 Å². The van der Waals surface area contributed by atoms with Gasteiger partial charge in [-0.2, -0.15) is 0 Å². The summed E-state index contributed by atoms with van der Waals surface area (Å²) in [6.45, 7) is 5.26. The summed E-state index contributed by atoms with van der Waals surface area (Å²) in [7, 11) is 0. The fourth-order valence-corrected chi connectivity index (χ4v) is 2.76. The van der Waals surface area contributed by atoms with Gasteiger partial charge in [0.1, 0.15) is 11.9 Å². The second kappa shape index (κ2) is 6.10. The Bertz CT molecular complexity index is 552. The number of hydrogen-bond donors (Lipinski definition) is 0. The van der Waals surface area contributed by atoms with Crippen molar-refractivity contribution in [2.45, 2.75) is 26.0 Å². The van der Waals surface area contributed by atoms with Gasteiger partial charge in [-0.25, -0.2) is 0 Å².